The van der Waals surface area contributed by atoms with Crippen LogP contribution in [0.25, 0.3) is 10.8 Å². The van der Waals surface area contributed by atoms with E-state index in [4.69, 9.17) is 4.74 Å². The first-order valence-corrected chi connectivity index (χ1v) is 10.4. The molecule has 2 heterocycles. The van der Waals surface area contributed by atoms with Crippen LogP contribution < -0.4 is 10.3 Å². The minimum Gasteiger partial charge on any atom is -0.480 e. The Balaban J connectivity index is 1.65. The summed E-state index contributed by atoms with van der Waals surface area (Å²) in [6, 6.07) is 11.2. The van der Waals surface area contributed by atoms with E-state index in [0.717, 1.165) is 31.2 Å². The number of rotatable bonds is 6. The van der Waals surface area contributed by atoms with Crippen molar-refractivity contribution < 1.29 is 9.53 Å². The predicted octanol–water partition coefficient (Wildman–Crippen LogP) is 3.16. The Bertz CT molecular complexity index is 1070. The molecule has 0 saturated heterocycles. The Labute approximate surface area is 175 Å². The van der Waals surface area contributed by atoms with Crippen LogP contribution >= 0.6 is 0 Å². The average Bonchev–Trinajstić information content (AvgIpc) is 2.80. The van der Waals surface area contributed by atoms with Crippen molar-refractivity contribution in [2.45, 2.75) is 51.2 Å². The molecule has 1 saturated carbocycles. The molecule has 0 atom stereocenters. The second-order valence-corrected chi connectivity index (χ2v) is 7.69. The Kier molecular flexibility index (Phi) is 6.07. The van der Waals surface area contributed by atoms with Crippen molar-refractivity contribution in [2.75, 3.05) is 7.11 Å². The quantitative estimate of drug-likeness (QED) is 0.628. The summed E-state index contributed by atoms with van der Waals surface area (Å²) in [4.78, 5) is 32.3. The molecule has 0 radical (unpaired) electrons. The number of aromatic nitrogens is 3. The lowest BCUT2D eigenvalue weighted by Gasteiger charge is -2.34. The molecule has 1 amide bonds. The number of hydrogen-bond acceptors (Lipinski definition) is 5. The minimum absolute atomic E-state index is 0.106. The second kappa shape index (κ2) is 9.07. The fourth-order valence-electron chi connectivity index (χ4n) is 4.18. The van der Waals surface area contributed by atoms with Gasteiger partial charge in [0.25, 0.3) is 5.56 Å². The van der Waals surface area contributed by atoms with Gasteiger partial charge >= 0.3 is 0 Å². The van der Waals surface area contributed by atoms with Gasteiger partial charge in [0.2, 0.25) is 11.8 Å². The van der Waals surface area contributed by atoms with E-state index in [1.807, 2.05) is 23.1 Å². The van der Waals surface area contributed by atoms with Crippen LogP contribution in [0.1, 0.15) is 37.7 Å². The normalized spacial score (nSPS) is 14.6. The van der Waals surface area contributed by atoms with Gasteiger partial charge in [0.15, 0.2) is 0 Å². The lowest BCUT2D eigenvalue weighted by Crippen LogP contribution is -2.44. The number of ether oxygens (including phenoxy) is 1. The first-order valence-electron chi connectivity index (χ1n) is 10.4. The molecule has 0 N–H and O–H groups in total. The molecule has 7 nitrogen and oxygen atoms in total. The average molecular weight is 406 g/mol. The first-order chi connectivity index (χ1) is 14.7. The zero-order chi connectivity index (χ0) is 20.9. The maximum Gasteiger partial charge on any atom is 0.275 e. The molecule has 156 valence electrons. The van der Waals surface area contributed by atoms with E-state index in [-0.39, 0.29) is 24.1 Å². The van der Waals surface area contributed by atoms with E-state index < -0.39 is 0 Å². The molecule has 3 aromatic rings. The molecular weight excluding hydrogens is 380 g/mol. The maximum absolute atomic E-state index is 13.4. The molecule has 30 heavy (non-hydrogen) atoms. The molecule has 4 rings (SSSR count). The number of hydrogen-bond donors (Lipinski definition) is 0. The van der Waals surface area contributed by atoms with Gasteiger partial charge in [-0.25, -0.2) is 4.68 Å². The van der Waals surface area contributed by atoms with Crippen molar-refractivity contribution in [1.29, 1.82) is 0 Å². The molecule has 1 aliphatic carbocycles. The summed E-state index contributed by atoms with van der Waals surface area (Å²) >= 11 is 0. The summed E-state index contributed by atoms with van der Waals surface area (Å²) in [5, 5.41) is 5.46. The van der Waals surface area contributed by atoms with E-state index >= 15 is 0 Å². The van der Waals surface area contributed by atoms with Gasteiger partial charge in [-0.2, -0.15) is 0 Å². The van der Waals surface area contributed by atoms with Crippen molar-refractivity contribution in [3.8, 4) is 5.88 Å². The lowest BCUT2D eigenvalue weighted by molar-refractivity contribution is -0.135. The van der Waals surface area contributed by atoms with E-state index in [1.165, 1.54) is 18.2 Å². The summed E-state index contributed by atoms with van der Waals surface area (Å²) in [5.41, 5.74) is 0.743. The van der Waals surface area contributed by atoms with Crippen LogP contribution in [0.3, 0.4) is 0 Å². The number of carbonyl (C=O) groups is 1. The van der Waals surface area contributed by atoms with Crippen molar-refractivity contribution in [2.24, 2.45) is 0 Å². The molecule has 1 aromatic carbocycles. The molecule has 2 aromatic heterocycles. The monoisotopic (exact) mass is 406 g/mol. The highest BCUT2D eigenvalue weighted by Gasteiger charge is 2.26. The van der Waals surface area contributed by atoms with E-state index in [2.05, 4.69) is 10.1 Å². The summed E-state index contributed by atoms with van der Waals surface area (Å²) in [7, 11) is 1.52. The lowest BCUT2D eigenvalue weighted by atomic mass is 9.93. The van der Waals surface area contributed by atoms with Gasteiger partial charge in [0, 0.05) is 25.0 Å². The Morgan fingerprint density at radius 3 is 2.50 bits per heavy atom. The third-order valence-corrected chi connectivity index (χ3v) is 5.75. The van der Waals surface area contributed by atoms with Crippen LogP contribution in [0.4, 0.5) is 0 Å². The van der Waals surface area contributed by atoms with E-state index in [9.17, 15) is 9.59 Å². The molecule has 0 spiro atoms. The highest BCUT2D eigenvalue weighted by atomic mass is 16.5. The van der Waals surface area contributed by atoms with E-state index in [1.54, 1.807) is 30.6 Å². The molecule has 1 fully saturated rings. The largest absolute Gasteiger partial charge is 0.480 e. The number of methoxy groups -OCH3 is 1. The SMILES string of the molecule is COc1nn(CC(=O)N(Cc2ccncc2)C2CCCCC2)c(=O)c2ccccc12. The van der Waals surface area contributed by atoms with Crippen molar-refractivity contribution >= 4 is 16.7 Å². The van der Waals surface area contributed by atoms with E-state index in [0.29, 0.717) is 23.2 Å². The second-order valence-electron chi connectivity index (χ2n) is 7.69. The van der Waals surface area contributed by atoms with Crippen LogP contribution in [0, 0.1) is 0 Å². The summed E-state index contributed by atoms with van der Waals surface area (Å²) in [6.45, 7) is 0.396. The predicted molar refractivity (Wildman–Crippen MR) is 114 cm³/mol. The molecule has 0 aliphatic heterocycles. The summed E-state index contributed by atoms with van der Waals surface area (Å²) in [6.07, 6.45) is 8.88. The van der Waals surface area contributed by atoms with Gasteiger partial charge in [-0.1, -0.05) is 31.4 Å². The molecule has 1 aliphatic rings. The fourth-order valence-corrected chi connectivity index (χ4v) is 4.18. The van der Waals surface area contributed by atoms with Crippen LogP contribution in [-0.4, -0.2) is 38.7 Å². The van der Waals surface area contributed by atoms with Crippen LogP contribution in [0.5, 0.6) is 5.88 Å². The Hall–Kier alpha value is -3.22. The standard InChI is InChI=1S/C23H26N4O3/c1-30-22-19-9-5-6-10-20(19)23(29)27(25-22)16-21(28)26(18-7-3-2-4-8-18)15-17-11-13-24-14-12-17/h5-6,9-14,18H,2-4,7-8,15-16H2,1H3. The number of nitrogens with zero attached hydrogens (tertiary/aromatic N) is 4. The zero-order valence-electron chi connectivity index (χ0n) is 17.2. The third kappa shape index (κ3) is 4.20. The van der Waals surface area contributed by atoms with Gasteiger partial charge in [0.1, 0.15) is 6.54 Å². The van der Waals surface area contributed by atoms with Crippen molar-refractivity contribution in [3.63, 3.8) is 0 Å². The maximum atomic E-state index is 13.4. The van der Waals surface area contributed by atoms with Gasteiger partial charge in [-0.05, 0) is 42.7 Å². The number of amides is 1. The van der Waals surface area contributed by atoms with Crippen molar-refractivity contribution in [1.82, 2.24) is 19.7 Å². The zero-order valence-corrected chi connectivity index (χ0v) is 17.2. The highest BCUT2D eigenvalue weighted by molar-refractivity contribution is 5.86. The number of fused-ring (bicyclic) bond motifs is 1. The smallest absolute Gasteiger partial charge is 0.275 e. The number of pyridine rings is 1. The van der Waals surface area contributed by atoms with Crippen LogP contribution in [-0.2, 0) is 17.9 Å². The Morgan fingerprint density at radius 1 is 1.10 bits per heavy atom. The summed E-state index contributed by atoms with van der Waals surface area (Å²) < 4.78 is 6.60. The van der Waals surface area contributed by atoms with Crippen molar-refractivity contribution in [3.05, 3.63) is 64.7 Å². The first kappa shape index (κ1) is 20.1. The molecule has 0 unspecified atom stereocenters. The number of carbonyl (C=O) groups excluding carboxylic acids is 1. The van der Waals surface area contributed by atoms with Gasteiger partial charge in [-0.3, -0.25) is 14.6 Å². The highest BCUT2D eigenvalue weighted by Crippen LogP contribution is 2.25. The topological polar surface area (TPSA) is 77.3 Å². The number of benzene rings is 1. The van der Waals surface area contributed by atoms with Crippen LogP contribution in [0.15, 0.2) is 53.6 Å². The fraction of sp³-hybridized carbons (Fsp3) is 0.391. The van der Waals surface area contributed by atoms with Gasteiger partial charge in [-0.15, -0.1) is 5.10 Å². The Morgan fingerprint density at radius 2 is 1.80 bits per heavy atom. The third-order valence-electron chi connectivity index (χ3n) is 5.75. The molecule has 0 bridgehead atoms. The minimum atomic E-state index is -0.285. The molecular formula is C23H26N4O3. The molecule has 7 heteroatoms. The summed E-state index contributed by atoms with van der Waals surface area (Å²) in [5.74, 6) is 0.238. The van der Waals surface area contributed by atoms with Crippen LogP contribution in [0.2, 0.25) is 0 Å². The van der Waals surface area contributed by atoms with Gasteiger partial charge < -0.3 is 9.64 Å². The van der Waals surface area contributed by atoms with Gasteiger partial charge in [0.05, 0.1) is 17.9 Å².